The number of nitrogens with one attached hydrogen (secondary N) is 1. The van der Waals surface area contributed by atoms with Crippen LogP contribution in [-0.4, -0.2) is 24.2 Å². The molecule has 2 aromatic heterocycles. The van der Waals surface area contributed by atoms with Crippen LogP contribution < -0.4 is 14.8 Å². The van der Waals surface area contributed by atoms with E-state index in [1.54, 1.807) is 31.9 Å². The molecule has 0 unspecified atom stereocenters. The summed E-state index contributed by atoms with van der Waals surface area (Å²) in [6.07, 6.45) is 6.37. The third-order valence-electron chi connectivity index (χ3n) is 4.41. The van der Waals surface area contributed by atoms with Crippen LogP contribution in [0.5, 0.6) is 11.5 Å². The number of aromatic nitrogens is 2. The lowest BCUT2D eigenvalue weighted by atomic mass is 9.97. The van der Waals surface area contributed by atoms with Crippen LogP contribution in [0.3, 0.4) is 0 Å². The molecule has 4 rings (SSSR count). The van der Waals surface area contributed by atoms with Gasteiger partial charge >= 0.3 is 0 Å². The molecule has 1 aliphatic rings. The summed E-state index contributed by atoms with van der Waals surface area (Å²) in [6, 6.07) is 5.69. The van der Waals surface area contributed by atoms with Gasteiger partial charge in [-0.1, -0.05) is 0 Å². The monoisotopic (exact) mass is 341 g/mol. The van der Waals surface area contributed by atoms with E-state index >= 15 is 0 Å². The van der Waals surface area contributed by atoms with Crippen molar-refractivity contribution < 1.29 is 9.47 Å². The Kier molecular flexibility index (Phi) is 3.98. The fourth-order valence-corrected chi connectivity index (χ4v) is 4.45. The summed E-state index contributed by atoms with van der Waals surface area (Å²) in [5.74, 6) is 2.37. The minimum Gasteiger partial charge on any atom is -0.497 e. The Morgan fingerprint density at radius 1 is 1.08 bits per heavy atom. The standard InChI is InChI=1S/C18H19N3O2S/c1-22-11-7-8-14(23-2)13(9-11)21-17-16-12-5-3-4-6-15(12)24-18(16)20-10-19-17/h7-10H,3-6H2,1-2H3,(H,19,20,21). The Morgan fingerprint density at radius 2 is 1.96 bits per heavy atom. The molecule has 0 spiro atoms. The number of fused-ring (bicyclic) bond motifs is 3. The van der Waals surface area contributed by atoms with Crippen molar-refractivity contribution in [2.75, 3.05) is 19.5 Å². The fraction of sp³-hybridized carbons (Fsp3) is 0.333. The molecule has 0 saturated heterocycles. The summed E-state index contributed by atoms with van der Waals surface area (Å²) in [5, 5.41) is 4.58. The molecule has 1 N–H and O–H groups in total. The number of anilines is 2. The molecule has 0 saturated carbocycles. The summed E-state index contributed by atoms with van der Waals surface area (Å²) < 4.78 is 10.8. The molecule has 0 fully saturated rings. The van der Waals surface area contributed by atoms with E-state index < -0.39 is 0 Å². The van der Waals surface area contributed by atoms with Gasteiger partial charge in [-0.25, -0.2) is 9.97 Å². The number of benzene rings is 1. The van der Waals surface area contributed by atoms with Crippen LogP contribution in [0.4, 0.5) is 11.5 Å². The highest BCUT2D eigenvalue weighted by Gasteiger charge is 2.20. The van der Waals surface area contributed by atoms with Crippen molar-refractivity contribution in [3.8, 4) is 11.5 Å². The Labute approximate surface area is 144 Å². The van der Waals surface area contributed by atoms with Gasteiger partial charge in [0, 0.05) is 10.9 Å². The maximum absolute atomic E-state index is 5.46. The number of hydrogen-bond donors (Lipinski definition) is 1. The lowest BCUT2D eigenvalue weighted by molar-refractivity contribution is 0.405. The first-order chi connectivity index (χ1) is 11.8. The summed E-state index contributed by atoms with van der Waals surface area (Å²) >= 11 is 1.80. The Bertz CT molecular complexity index is 891. The van der Waals surface area contributed by atoms with Crippen molar-refractivity contribution in [2.24, 2.45) is 0 Å². The van der Waals surface area contributed by atoms with Crippen LogP contribution in [0.2, 0.25) is 0 Å². The van der Waals surface area contributed by atoms with Crippen molar-refractivity contribution >= 4 is 33.1 Å². The molecule has 3 aromatic rings. The van der Waals surface area contributed by atoms with Gasteiger partial charge in [-0.3, -0.25) is 0 Å². The second-order valence-corrected chi connectivity index (χ2v) is 6.89. The Hall–Kier alpha value is -2.34. The first-order valence-electron chi connectivity index (χ1n) is 8.04. The molecule has 0 aliphatic heterocycles. The summed E-state index contributed by atoms with van der Waals surface area (Å²) in [5.41, 5.74) is 2.25. The van der Waals surface area contributed by atoms with Gasteiger partial charge in [0.2, 0.25) is 0 Å². The molecule has 2 heterocycles. The average Bonchev–Trinajstić information content (AvgIpc) is 3.01. The van der Waals surface area contributed by atoms with E-state index in [9.17, 15) is 0 Å². The van der Waals surface area contributed by atoms with Crippen molar-refractivity contribution in [2.45, 2.75) is 25.7 Å². The topological polar surface area (TPSA) is 56.3 Å². The number of ether oxygens (including phenoxy) is 2. The molecule has 0 amide bonds. The van der Waals surface area contributed by atoms with Crippen LogP contribution in [0.15, 0.2) is 24.5 Å². The zero-order valence-corrected chi connectivity index (χ0v) is 14.6. The van der Waals surface area contributed by atoms with Crippen molar-refractivity contribution in [1.29, 1.82) is 0 Å². The first kappa shape index (κ1) is 15.2. The molecule has 0 atom stereocenters. The van der Waals surface area contributed by atoms with Gasteiger partial charge in [0.05, 0.1) is 25.3 Å². The van der Waals surface area contributed by atoms with Crippen LogP contribution in [0.25, 0.3) is 10.2 Å². The third kappa shape index (κ3) is 2.57. The van der Waals surface area contributed by atoms with E-state index in [4.69, 9.17) is 9.47 Å². The predicted octanol–water partition coefficient (Wildman–Crippen LogP) is 4.33. The minimum atomic E-state index is 0.756. The van der Waals surface area contributed by atoms with Gasteiger partial charge in [0.25, 0.3) is 0 Å². The number of aryl methyl sites for hydroxylation is 2. The highest BCUT2D eigenvalue weighted by molar-refractivity contribution is 7.19. The Balaban J connectivity index is 1.82. The zero-order valence-electron chi connectivity index (χ0n) is 13.8. The number of thiophene rings is 1. The number of nitrogens with zero attached hydrogens (tertiary/aromatic N) is 2. The van der Waals surface area contributed by atoms with Crippen LogP contribution in [-0.2, 0) is 12.8 Å². The van der Waals surface area contributed by atoms with Crippen molar-refractivity contribution in [1.82, 2.24) is 9.97 Å². The number of methoxy groups -OCH3 is 2. The van der Waals surface area contributed by atoms with E-state index in [-0.39, 0.29) is 0 Å². The fourth-order valence-electron chi connectivity index (χ4n) is 3.22. The van der Waals surface area contributed by atoms with E-state index in [0.29, 0.717) is 0 Å². The lowest BCUT2D eigenvalue weighted by Gasteiger charge is -2.14. The molecule has 24 heavy (non-hydrogen) atoms. The average molecular weight is 341 g/mol. The predicted molar refractivity (Wildman–Crippen MR) is 96.9 cm³/mol. The molecular weight excluding hydrogens is 322 g/mol. The SMILES string of the molecule is COc1ccc(OC)c(Nc2ncnc3sc4c(c23)CCCC4)c1. The molecule has 6 heteroatoms. The molecule has 5 nitrogen and oxygen atoms in total. The number of rotatable bonds is 4. The molecule has 124 valence electrons. The second kappa shape index (κ2) is 6.28. The van der Waals surface area contributed by atoms with Gasteiger partial charge < -0.3 is 14.8 Å². The zero-order chi connectivity index (χ0) is 16.5. The van der Waals surface area contributed by atoms with Gasteiger partial charge in [-0.15, -0.1) is 11.3 Å². The van der Waals surface area contributed by atoms with E-state index in [1.807, 2.05) is 18.2 Å². The Morgan fingerprint density at radius 3 is 2.79 bits per heavy atom. The minimum absolute atomic E-state index is 0.756. The maximum atomic E-state index is 5.46. The van der Waals surface area contributed by atoms with Crippen LogP contribution >= 0.6 is 11.3 Å². The molecule has 0 radical (unpaired) electrons. The summed E-state index contributed by atoms with van der Waals surface area (Å²) in [4.78, 5) is 11.5. The number of hydrogen-bond acceptors (Lipinski definition) is 6. The highest BCUT2D eigenvalue weighted by atomic mass is 32.1. The van der Waals surface area contributed by atoms with Crippen LogP contribution in [0.1, 0.15) is 23.3 Å². The lowest BCUT2D eigenvalue weighted by Crippen LogP contribution is -2.02. The molecule has 1 aromatic carbocycles. The van der Waals surface area contributed by atoms with Gasteiger partial charge in [-0.2, -0.15) is 0 Å². The van der Waals surface area contributed by atoms with E-state index in [0.717, 1.165) is 46.1 Å². The first-order valence-corrected chi connectivity index (χ1v) is 8.86. The maximum Gasteiger partial charge on any atom is 0.142 e. The van der Waals surface area contributed by atoms with Crippen molar-refractivity contribution in [3.05, 3.63) is 35.0 Å². The largest absolute Gasteiger partial charge is 0.497 e. The van der Waals surface area contributed by atoms with Crippen molar-refractivity contribution in [3.63, 3.8) is 0 Å². The second-order valence-electron chi connectivity index (χ2n) is 5.80. The molecular formula is C18H19N3O2S. The molecule has 0 bridgehead atoms. The van der Waals surface area contributed by atoms with Crippen LogP contribution in [0, 0.1) is 0 Å². The summed E-state index contributed by atoms with van der Waals surface area (Å²) in [7, 11) is 3.32. The van der Waals surface area contributed by atoms with Gasteiger partial charge in [-0.05, 0) is 43.4 Å². The van der Waals surface area contributed by atoms with E-state index in [2.05, 4.69) is 15.3 Å². The van der Waals surface area contributed by atoms with Gasteiger partial charge in [0.15, 0.2) is 0 Å². The third-order valence-corrected chi connectivity index (χ3v) is 5.61. The quantitative estimate of drug-likeness (QED) is 0.765. The molecule has 1 aliphatic carbocycles. The summed E-state index contributed by atoms with van der Waals surface area (Å²) in [6.45, 7) is 0. The van der Waals surface area contributed by atoms with E-state index in [1.165, 1.54) is 23.3 Å². The van der Waals surface area contributed by atoms with Gasteiger partial charge in [0.1, 0.15) is 28.5 Å². The smallest absolute Gasteiger partial charge is 0.142 e. The highest BCUT2D eigenvalue weighted by Crippen LogP contribution is 2.40. The normalized spacial score (nSPS) is 13.6.